The van der Waals surface area contributed by atoms with E-state index in [0.717, 1.165) is 0 Å². The number of amides is 1. The molecule has 0 rings (SSSR count). The molecular formula is C13H26N2O3. The van der Waals surface area contributed by atoms with Crippen molar-refractivity contribution >= 4 is 11.9 Å². The molecule has 5 nitrogen and oxygen atoms in total. The molecule has 0 fully saturated rings. The molecule has 0 spiro atoms. The van der Waals surface area contributed by atoms with E-state index in [9.17, 15) is 9.59 Å². The van der Waals surface area contributed by atoms with Crippen LogP contribution in [0.15, 0.2) is 0 Å². The van der Waals surface area contributed by atoms with Gasteiger partial charge in [-0.05, 0) is 26.2 Å². The van der Waals surface area contributed by atoms with Crippen molar-refractivity contribution in [1.29, 1.82) is 0 Å². The molecular weight excluding hydrogens is 232 g/mol. The van der Waals surface area contributed by atoms with Gasteiger partial charge in [-0.3, -0.25) is 4.79 Å². The van der Waals surface area contributed by atoms with Gasteiger partial charge in [0, 0.05) is 13.0 Å². The summed E-state index contributed by atoms with van der Waals surface area (Å²) in [5.74, 6) is -0.684. The van der Waals surface area contributed by atoms with Crippen LogP contribution >= 0.6 is 0 Å². The van der Waals surface area contributed by atoms with E-state index in [2.05, 4.69) is 5.32 Å². The second-order valence-corrected chi connectivity index (χ2v) is 6.63. The number of rotatable bonds is 4. The Morgan fingerprint density at radius 2 is 1.67 bits per heavy atom. The molecule has 0 aliphatic rings. The maximum Gasteiger partial charge on any atom is 0.330 e. The molecule has 0 aliphatic carbocycles. The summed E-state index contributed by atoms with van der Waals surface area (Å²) >= 11 is 0. The molecule has 0 aromatic heterocycles. The normalized spacial score (nSPS) is 13.9. The van der Waals surface area contributed by atoms with Crippen LogP contribution in [0.4, 0.5) is 0 Å². The van der Waals surface area contributed by atoms with Gasteiger partial charge in [-0.15, -0.1) is 0 Å². The highest BCUT2D eigenvalue weighted by Crippen LogP contribution is 2.18. The molecule has 0 aromatic rings. The lowest BCUT2D eigenvalue weighted by atomic mass is 9.92. The fourth-order valence-electron chi connectivity index (χ4n) is 1.31. The molecule has 1 amide bonds. The summed E-state index contributed by atoms with van der Waals surface area (Å²) in [5, 5.41) is 2.61. The summed E-state index contributed by atoms with van der Waals surface area (Å²) in [6.07, 6.45) is 0.340. The van der Waals surface area contributed by atoms with Crippen LogP contribution < -0.4 is 11.1 Å². The quantitative estimate of drug-likeness (QED) is 0.743. The molecule has 1 atom stereocenters. The Morgan fingerprint density at radius 3 is 2.00 bits per heavy atom. The molecule has 3 N–H and O–H groups in total. The van der Waals surface area contributed by atoms with Crippen molar-refractivity contribution in [2.24, 2.45) is 11.1 Å². The van der Waals surface area contributed by atoms with E-state index in [0.29, 0.717) is 6.42 Å². The Hall–Kier alpha value is -1.10. The van der Waals surface area contributed by atoms with Gasteiger partial charge in [-0.25, -0.2) is 4.79 Å². The lowest BCUT2D eigenvalue weighted by Crippen LogP contribution is -2.49. The van der Waals surface area contributed by atoms with Gasteiger partial charge in [-0.1, -0.05) is 20.8 Å². The zero-order chi connectivity index (χ0) is 14.6. The van der Waals surface area contributed by atoms with E-state index in [-0.39, 0.29) is 17.9 Å². The lowest BCUT2D eigenvalue weighted by Gasteiger charge is -2.25. The van der Waals surface area contributed by atoms with E-state index in [1.165, 1.54) is 0 Å². The van der Waals surface area contributed by atoms with Gasteiger partial charge >= 0.3 is 5.97 Å². The van der Waals surface area contributed by atoms with Crippen LogP contribution in [0.25, 0.3) is 0 Å². The highest BCUT2D eigenvalue weighted by molar-refractivity contribution is 5.85. The smallest absolute Gasteiger partial charge is 0.330 e. The van der Waals surface area contributed by atoms with Crippen molar-refractivity contribution in [2.45, 2.75) is 59.6 Å². The number of hydrogen-bond donors (Lipinski definition) is 2. The number of carbonyl (C=O) groups is 2. The Bertz CT molecular complexity index is 300. The minimum atomic E-state index is -0.779. The standard InChI is InChI=1S/C13H26N2O3/c1-12(2,3)7-10(16)15-9(8-14)11(17)18-13(4,5)6/h9H,7-8,14H2,1-6H3,(H,15,16)/t9-/m0/s1. The zero-order valence-corrected chi connectivity index (χ0v) is 12.3. The number of carbonyl (C=O) groups excluding carboxylic acids is 2. The molecule has 0 radical (unpaired) electrons. The van der Waals surface area contributed by atoms with Crippen molar-refractivity contribution in [2.75, 3.05) is 6.54 Å². The highest BCUT2D eigenvalue weighted by atomic mass is 16.6. The third kappa shape index (κ3) is 8.06. The van der Waals surface area contributed by atoms with Crippen LogP contribution in [0.2, 0.25) is 0 Å². The first-order valence-corrected chi connectivity index (χ1v) is 6.17. The number of nitrogens with two attached hydrogens (primary N) is 1. The summed E-state index contributed by atoms with van der Waals surface area (Å²) in [6, 6.07) is -0.779. The van der Waals surface area contributed by atoms with Gasteiger partial charge in [0.2, 0.25) is 5.91 Å². The third-order valence-electron chi connectivity index (χ3n) is 1.95. The first-order chi connectivity index (χ1) is 7.94. The molecule has 5 heteroatoms. The number of esters is 1. The van der Waals surface area contributed by atoms with Crippen molar-refractivity contribution < 1.29 is 14.3 Å². The second-order valence-electron chi connectivity index (χ2n) is 6.63. The molecule has 0 heterocycles. The minimum Gasteiger partial charge on any atom is -0.458 e. The summed E-state index contributed by atoms with van der Waals surface area (Å²) in [5.41, 5.74) is 4.78. The average Bonchev–Trinajstić information content (AvgIpc) is 2.07. The Kier molecular flexibility index (Phi) is 5.80. The van der Waals surface area contributed by atoms with E-state index >= 15 is 0 Å². The Morgan fingerprint density at radius 1 is 1.17 bits per heavy atom. The van der Waals surface area contributed by atoms with Crippen LogP contribution in [-0.4, -0.2) is 30.1 Å². The zero-order valence-electron chi connectivity index (χ0n) is 12.3. The fourth-order valence-corrected chi connectivity index (χ4v) is 1.31. The van der Waals surface area contributed by atoms with E-state index in [1.807, 2.05) is 20.8 Å². The minimum absolute atomic E-state index is 0.0325. The maximum atomic E-state index is 11.8. The second kappa shape index (κ2) is 6.18. The number of ether oxygens (including phenoxy) is 1. The molecule has 18 heavy (non-hydrogen) atoms. The monoisotopic (exact) mass is 258 g/mol. The molecule has 0 aliphatic heterocycles. The van der Waals surface area contributed by atoms with Crippen molar-refractivity contribution in [3.05, 3.63) is 0 Å². The van der Waals surface area contributed by atoms with Crippen LogP contribution in [0.3, 0.4) is 0 Å². The van der Waals surface area contributed by atoms with Crippen LogP contribution in [0.5, 0.6) is 0 Å². The first kappa shape index (κ1) is 16.9. The molecule has 0 unspecified atom stereocenters. The number of nitrogens with one attached hydrogen (secondary N) is 1. The van der Waals surface area contributed by atoms with Gasteiger partial charge in [0.05, 0.1) is 0 Å². The fraction of sp³-hybridized carbons (Fsp3) is 0.846. The van der Waals surface area contributed by atoms with Crippen molar-refractivity contribution in [3.63, 3.8) is 0 Å². The topological polar surface area (TPSA) is 81.4 Å². The van der Waals surface area contributed by atoms with E-state index < -0.39 is 17.6 Å². The summed E-state index contributed by atoms with van der Waals surface area (Å²) in [7, 11) is 0. The Balaban J connectivity index is 4.44. The van der Waals surface area contributed by atoms with Gasteiger partial charge < -0.3 is 15.8 Å². The van der Waals surface area contributed by atoms with Gasteiger partial charge in [0.1, 0.15) is 11.6 Å². The largest absolute Gasteiger partial charge is 0.458 e. The number of hydrogen-bond acceptors (Lipinski definition) is 4. The average molecular weight is 258 g/mol. The first-order valence-electron chi connectivity index (χ1n) is 6.17. The highest BCUT2D eigenvalue weighted by Gasteiger charge is 2.26. The van der Waals surface area contributed by atoms with Crippen molar-refractivity contribution in [1.82, 2.24) is 5.32 Å². The molecule has 106 valence electrons. The lowest BCUT2D eigenvalue weighted by molar-refractivity contribution is -0.158. The molecule has 0 bridgehead atoms. The summed E-state index contributed by atoms with van der Waals surface area (Å²) < 4.78 is 5.19. The van der Waals surface area contributed by atoms with Crippen LogP contribution in [0, 0.1) is 5.41 Å². The van der Waals surface area contributed by atoms with E-state index in [1.54, 1.807) is 20.8 Å². The molecule has 0 saturated carbocycles. The predicted octanol–water partition coefficient (Wildman–Crippen LogP) is 1.21. The SMILES string of the molecule is CC(C)(C)CC(=O)N[C@@H](CN)C(=O)OC(C)(C)C. The Labute approximate surface area is 109 Å². The van der Waals surface area contributed by atoms with Gasteiger partial charge in [0.25, 0.3) is 0 Å². The van der Waals surface area contributed by atoms with Crippen molar-refractivity contribution in [3.8, 4) is 0 Å². The third-order valence-corrected chi connectivity index (χ3v) is 1.95. The predicted molar refractivity (Wildman–Crippen MR) is 70.9 cm³/mol. The van der Waals surface area contributed by atoms with Gasteiger partial charge in [0.15, 0.2) is 0 Å². The summed E-state index contributed by atoms with van der Waals surface area (Å²) in [6.45, 7) is 11.2. The maximum absolute atomic E-state index is 11.8. The van der Waals surface area contributed by atoms with Crippen LogP contribution in [0.1, 0.15) is 48.0 Å². The molecule has 0 saturated heterocycles. The van der Waals surface area contributed by atoms with Crippen LogP contribution in [-0.2, 0) is 14.3 Å². The molecule has 0 aromatic carbocycles. The van der Waals surface area contributed by atoms with Gasteiger partial charge in [-0.2, -0.15) is 0 Å². The summed E-state index contributed by atoms with van der Waals surface area (Å²) in [4.78, 5) is 23.5. The van der Waals surface area contributed by atoms with E-state index in [4.69, 9.17) is 10.5 Å².